The first kappa shape index (κ1) is 25.1. The molecule has 0 aliphatic carbocycles. The number of anilines is 3. The first-order chi connectivity index (χ1) is 21.3. The van der Waals surface area contributed by atoms with Gasteiger partial charge in [0.2, 0.25) is 0 Å². The number of benzene rings is 8. The summed E-state index contributed by atoms with van der Waals surface area (Å²) in [5, 5.41) is 9.86. The van der Waals surface area contributed by atoms with Crippen molar-refractivity contribution < 1.29 is 0 Å². The fourth-order valence-electron chi connectivity index (χ4n) is 6.68. The molecule has 0 atom stereocenters. The smallest absolute Gasteiger partial charge is 0.0618 e. The summed E-state index contributed by atoms with van der Waals surface area (Å²) in [6.45, 7) is 4.12. The fraction of sp³-hybridized carbons (Fsp3) is 0. The van der Waals surface area contributed by atoms with Gasteiger partial charge in [0, 0.05) is 22.1 Å². The third-order valence-electron chi connectivity index (χ3n) is 8.56. The molecule has 0 N–H and O–H groups in total. The van der Waals surface area contributed by atoms with E-state index in [1.165, 1.54) is 59.9 Å². The zero-order valence-electron chi connectivity index (χ0n) is 23.7. The first-order valence-corrected chi connectivity index (χ1v) is 14.7. The lowest BCUT2D eigenvalue weighted by Crippen LogP contribution is -2.11. The predicted octanol–water partition coefficient (Wildman–Crippen LogP) is 12.1. The Morgan fingerprint density at radius 1 is 0.442 bits per heavy atom. The molecule has 202 valence electrons. The topological polar surface area (TPSA) is 3.24 Å². The van der Waals surface area contributed by atoms with Gasteiger partial charge in [-0.15, -0.1) is 0 Å². The summed E-state index contributed by atoms with van der Waals surface area (Å²) in [4.78, 5) is 2.40. The lowest BCUT2D eigenvalue weighted by atomic mass is 9.88. The molecule has 0 aliphatic heterocycles. The van der Waals surface area contributed by atoms with Gasteiger partial charge in [-0.2, -0.15) is 0 Å². The maximum Gasteiger partial charge on any atom is 0.0618 e. The summed E-state index contributed by atoms with van der Waals surface area (Å²) in [5.41, 5.74) is 7.07. The van der Waals surface area contributed by atoms with Crippen LogP contribution in [0.1, 0.15) is 5.56 Å². The Bertz CT molecular complexity index is 2200. The molecule has 1 nitrogen and oxygen atoms in total. The number of hydrogen-bond acceptors (Lipinski definition) is 1. The Hall–Kier alpha value is -5.66. The van der Waals surface area contributed by atoms with Crippen LogP contribution in [-0.4, -0.2) is 0 Å². The maximum absolute atomic E-state index is 4.12. The SMILES string of the molecule is C=Cc1cccc2ccc3ccc(-c4c5ccccc5c(N(c5ccccc5)c5ccccc5)c5ccccc45)cc3c12. The summed E-state index contributed by atoms with van der Waals surface area (Å²) >= 11 is 0. The highest BCUT2D eigenvalue weighted by Gasteiger charge is 2.22. The van der Waals surface area contributed by atoms with Crippen LogP contribution in [0.3, 0.4) is 0 Å². The number of para-hydroxylation sites is 2. The second kappa shape index (κ2) is 10.3. The van der Waals surface area contributed by atoms with Crippen molar-refractivity contribution in [1.82, 2.24) is 0 Å². The molecule has 0 heterocycles. The standard InChI is InChI=1S/C42H29N/c1-2-29-14-13-15-31-26-24-30-25-27-32(28-39(30)40(29)31)41-35-20-9-11-22-37(35)42(38-23-12-10-21-36(38)41)43(33-16-5-3-6-17-33)34-18-7-4-8-19-34/h2-28H,1H2. The zero-order valence-corrected chi connectivity index (χ0v) is 23.7. The Kier molecular flexibility index (Phi) is 6.02. The largest absolute Gasteiger partial charge is 0.309 e. The Morgan fingerprint density at radius 3 is 1.58 bits per heavy atom. The van der Waals surface area contributed by atoms with Crippen molar-refractivity contribution >= 4 is 66.2 Å². The van der Waals surface area contributed by atoms with Gasteiger partial charge in [-0.25, -0.2) is 0 Å². The zero-order chi connectivity index (χ0) is 28.8. The number of rotatable bonds is 5. The molecule has 0 amide bonds. The Balaban J connectivity index is 1.49. The van der Waals surface area contributed by atoms with Crippen molar-refractivity contribution in [3.63, 3.8) is 0 Å². The van der Waals surface area contributed by atoms with Crippen molar-refractivity contribution in [1.29, 1.82) is 0 Å². The van der Waals surface area contributed by atoms with Crippen LogP contribution in [0.25, 0.3) is 60.3 Å². The van der Waals surface area contributed by atoms with Crippen LogP contribution in [0.5, 0.6) is 0 Å². The molecular formula is C42H29N. The van der Waals surface area contributed by atoms with Crippen LogP contribution in [0, 0.1) is 0 Å². The van der Waals surface area contributed by atoms with E-state index in [2.05, 4.69) is 169 Å². The molecule has 0 aromatic heterocycles. The van der Waals surface area contributed by atoms with E-state index in [0.29, 0.717) is 0 Å². The predicted molar refractivity (Wildman–Crippen MR) is 187 cm³/mol. The Labute approximate surface area is 251 Å². The van der Waals surface area contributed by atoms with Crippen molar-refractivity contribution in [3.05, 3.63) is 170 Å². The maximum atomic E-state index is 4.12. The second-order valence-electron chi connectivity index (χ2n) is 11.0. The minimum Gasteiger partial charge on any atom is -0.309 e. The molecular weight excluding hydrogens is 518 g/mol. The molecule has 8 aromatic rings. The van der Waals surface area contributed by atoms with Gasteiger partial charge in [0.1, 0.15) is 0 Å². The fourth-order valence-corrected chi connectivity index (χ4v) is 6.68. The lowest BCUT2D eigenvalue weighted by Gasteiger charge is -2.29. The highest BCUT2D eigenvalue weighted by Crippen LogP contribution is 2.48. The summed E-state index contributed by atoms with van der Waals surface area (Å²) < 4.78 is 0. The van der Waals surface area contributed by atoms with Crippen LogP contribution < -0.4 is 4.90 Å². The molecule has 1 heteroatoms. The van der Waals surface area contributed by atoms with Gasteiger partial charge in [0.15, 0.2) is 0 Å². The minimum atomic E-state index is 1.13. The van der Waals surface area contributed by atoms with Gasteiger partial charge in [0.25, 0.3) is 0 Å². The highest BCUT2D eigenvalue weighted by atomic mass is 15.1. The van der Waals surface area contributed by atoms with E-state index < -0.39 is 0 Å². The summed E-state index contributed by atoms with van der Waals surface area (Å²) in [7, 11) is 0. The van der Waals surface area contributed by atoms with Gasteiger partial charge < -0.3 is 4.90 Å². The van der Waals surface area contributed by atoms with E-state index >= 15 is 0 Å². The van der Waals surface area contributed by atoms with Crippen LogP contribution in [0.2, 0.25) is 0 Å². The minimum absolute atomic E-state index is 1.13. The second-order valence-corrected chi connectivity index (χ2v) is 11.0. The van der Waals surface area contributed by atoms with Crippen LogP contribution in [-0.2, 0) is 0 Å². The molecule has 0 spiro atoms. The van der Waals surface area contributed by atoms with Gasteiger partial charge in [0.05, 0.1) is 5.69 Å². The molecule has 0 saturated heterocycles. The molecule has 0 bridgehead atoms. The third kappa shape index (κ3) is 4.09. The van der Waals surface area contributed by atoms with E-state index in [-0.39, 0.29) is 0 Å². The molecule has 0 saturated carbocycles. The van der Waals surface area contributed by atoms with Gasteiger partial charge in [-0.1, -0.05) is 140 Å². The van der Waals surface area contributed by atoms with Crippen LogP contribution in [0.15, 0.2) is 164 Å². The van der Waals surface area contributed by atoms with E-state index in [9.17, 15) is 0 Å². The van der Waals surface area contributed by atoms with Crippen LogP contribution in [0.4, 0.5) is 17.1 Å². The molecule has 8 aromatic carbocycles. The number of hydrogen-bond donors (Lipinski definition) is 0. The van der Waals surface area contributed by atoms with E-state index in [1.807, 2.05) is 6.08 Å². The van der Waals surface area contributed by atoms with Crippen molar-refractivity contribution in [2.45, 2.75) is 0 Å². The van der Waals surface area contributed by atoms with Crippen LogP contribution >= 0.6 is 0 Å². The van der Waals surface area contributed by atoms with Gasteiger partial charge >= 0.3 is 0 Å². The molecule has 0 aliphatic rings. The van der Waals surface area contributed by atoms with Gasteiger partial charge in [-0.05, 0) is 79.3 Å². The van der Waals surface area contributed by atoms with Crippen molar-refractivity contribution in [2.75, 3.05) is 4.90 Å². The molecule has 0 radical (unpaired) electrons. The summed E-state index contributed by atoms with van der Waals surface area (Å²) in [6, 6.07) is 56.9. The summed E-state index contributed by atoms with van der Waals surface area (Å²) in [6.07, 6.45) is 1.97. The van der Waals surface area contributed by atoms with Gasteiger partial charge in [-0.3, -0.25) is 0 Å². The number of fused-ring (bicyclic) bond motifs is 5. The van der Waals surface area contributed by atoms with Crippen molar-refractivity contribution in [2.24, 2.45) is 0 Å². The van der Waals surface area contributed by atoms with E-state index in [4.69, 9.17) is 0 Å². The normalized spacial score (nSPS) is 11.3. The molecule has 43 heavy (non-hydrogen) atoms. The first-order valence-electron chi connectivity index (χ1n) is 14.7. The average Bonchev–Trinajstić information content (AvgIpc) is 3.08. The number of nitrogens with zero attached hydrogens (tertiary/aromatic N) is 1. The average molecular weight is 548 g/mol. The molecule has 8 rings (SSSR count). The van der Waals surface area contributed by atoms with Crippen molar-refractivity contribution in [3.8, 4) is 11.1 Å². The highest BCUT2D eigenvalue weighted by molar-refractivity contribution is 6.23. The monoisotopic (exact) mass is 547 g/mol. The quantitative estimate of drug-likeness (QED) is 0.153. The molecule has 0 fully saturated rings. The molecule has 0 unspecified atom stereocenters. The third-order valence-corrected chi connectivity index (χ3v) is 8.56. The lowest BCUT2D eigenvalue weighted by molar-refractivity contribution is 1.31. The Morgan fingerprint density at radius 2 is 0.977 bits per heavy atom. The summed E-state index contributed by atoms with van der Waals surface area (Å²) in [5.74, 6) is 0. The van der Waals surface area contributed by atoms with E-state index in [1.54, 1.807) is 0 Å². The van der Waals surface area contributed by atoms with E-state index in [0.717, 1.165) is 16.9 Å².